The molecule has 5 heteroatoms. The van der Waals surface area contributed by atoms with Gasteiger partial charge in [-0.25, -0.2) is 4.79 Å². The van der Waals surface area contributed by atoms with E-state index in [4.69, 9.17) is 0 Å². The number of anilines is 1. The number of hydrogen-bond acceptors (Lipinski definition) is 3. The molecule has 0 unspecified atom stereocenters. The van der Waals surface area contributed by atoms with Crippen molar-refractivity contribution >= 4 is 39.1 Å². The Morgan fingerprint density at radius 1 is 1.09 bits per heavy atom. The summed E-state index contributed by atoms with van der Waals surface area (Å²) >= 11 is 3.34. The summed E-state index contributed by atoms with van der Waals surface area (Å²) in [6, 6.07) is 13.9. The number of carbonyl (C=O) groups excluding carboxylic acids is 2. The van der Waals surface area contributed by atoms with Crippen LogP contribution in [0.5, 0.6) is 0 Å². The van der Waals surface area contributed by atoms with E-state index in [1.54, 1.807) is 36.4 Å². The van der Waals surface area contributed by atoms with Crippen molar-refractivity contribution in [2.24, 2.45) is 0 Å². The van der Waals surface area contributed by atoms with Crippen LogP contribution in [0, 0.1) is 0 Å². The van der Waals surface area contributed by atoms with E-state index in [9.17, 15) is 9.59 Å². The van der Waals surface area contributed by atoms with Gasteiger partial charge >= 0.3 is 5.97 Å². The smallest absolute Gasteiger partial charge is 0.337 e. The van der Waals surface area contributed by atoms with Crippen LogP contribution in [0.3, 0.4) is 0 Å². The maximum atomic E-state index is 12.2. The Bertz CT molecular complexity index is 723. The number of amides is 1. The summed E-state index contributed by atoms with van der Waals surface area (Å²) in [7, 11) is 1.29. The number of esters is 1. The van der Waals surface area contributed by atoms with Crippen LogP contribution in [0.15, 0.2) is 59.6 Å². The van der Waals surface area contributed by atoms with Crippen LogP contribution < -0.4 is 5.32 Å². The minimum Gasteiger partial charge on any atom is -0.465 e. The number of nitrogens with one attached hydrogen (secondary N) is 1. The maximum absolute atomic E-state index is 12.2. The molecule has 2 aromatic rings. The predicted molar refractivity (Wildman–Crippen MR) is 89.6 cm³/mol. The molecule has 2 aromatic carbocycles. The molecule has 0 atom stereocenters. The van der Waals surface area contributed by atoms with Gasteiger partial charge in [-0.05, 0) is 42.0 Å². The van der Waals surface area contributed by atoms with E-state index in [-0.39, 0.29) is 11.5 Å². The van der Waals surface area contributed by atoms with Crippen molar-refractivity contribution in [3.63, 3.8) is 0 Å². The minimum atomic E-state index is -0.523. The molecule has 0 aromatic heterocycles. The highest BCUT2D eigenvalue weighted by Gasteiger charge is 2.12. The lowest BCUT2D eigenvalue weighted by Gasteiger charge is -2.08. The highest BCUT2D eigenvalue weighted by molar-refractivity contribution is 9.10. The lowest BCUT2D eigenvalue weighted by atomic mass is 10.0. The van der Waals surface area contributed by atoms with Gasteiger partial charge in [-0.3, -0.25) is 4.79 Å². The van der Waals surface area contributed by atoms with E-state index in [0.29, 0.717) is 16.8 Å². The molecule has 22 heavy (non-hydrogen) atoms. The molecule has 0 aliphatic carbocycles. The van der Waals surface area contributed by atoms with Gasteiger partial charge in [-0.15, -0.1) is 0 Å². The van der Waals surface area contributed by atoms with Gasteiger partial charge in [0.25, 0.3) is 5.91 Å². The summed E-state index contributed by atoms with van der Waals surface area (Å²) in [6.07, 6.45) is 0. The zero-order valence-electron chi connectivity index (χ0n) is 11.9. The molecule has 0 aliphatic heterocycles. The highest BCUT2D eigenvalue weighted by Crippen LogP contribution is 2.18. The van der Waals surface area contributed by atoms with Gasteiger partial charge in [0, 0.05) is 15.7 Å². The van der Waals surface area contributed by atoms with Crippen molar-refractivity contribution in [3.05, 3.63) is 70.7 Å². The first-order chi connectivity index (χ1) is 10.5. The summed E-state index contributed by atoms with van der Waals surface area (Å²) < 4.78 is 5.56. The molecular weight excluding hydrogens is 346 g/mol. The molecule has 0 aliphatic rings. The topological polar surface area (TPSA) is 55.4 Å². The van der Waals surface area contributed by atoms with Crippen molar-refractivity contribution in [3.8, 4) is 0 Å². The molecule has 0 heterocycles. The number of carbonyl (C=O) groups is 2. The normalized spacial score (nSPS) is 9.91. The second-order valence-electron chi connectivity index (χ2n) is 4.51. The number of rotatable bonds is 4. The monoisotopic (exact) mass is 359 g/mol. The predicted octanol–water partition coefficient (Wildman–Crippen LogP) is 3.89. The summed E-state index contributed by atoms with van der Waals surface area (Å²) in [5, 5.41) is 2.79. The average Bonchev–Trinajstić information content (AvgIpc) is 2.55. The Morgan fingerprint density at radius 3 is 2.36 bits per heavy atom. The molecule has 1 N–H and O–H groups in total. The Morgan fingerprint density at radius 2 is 1.73 bits per heavy atom. The third kappa shape index (κ3) is 3.83. The van der Waals surface area contributed by atoms with E-state index in [1.807, 2.05) is 12.1 Å². The highest BCUT2D eigenvalue weighted by atomic mass is 79.9. The van der Waals surface area contributed by atoms with Gasteiger partial charge in [0.05, 0.1) is 12.7 Å². The number of ether oxygens (including phenoxy) is 1. The van der Waals surface area contributed by atoms with Gasteiger partial charge in [0.1, 0.15) is 0 Å². The van der Waals surface area contributed by atoms with Gasteiger partial charge < -0.3 is 10.1 Å². The van der Waals surface area contributed by atoms with Crippen molar-refractivity contribution in [2.45, 2.75) is 0 Å². The summed E-state index contributed by atoms with van der Waals surface area (Å²) in [6.45, 7) is 3.68. The first-order valence-corrected chi connectivity index (χ1v) is 7.25. The van der Waals surface area contributed by atoms with Crippen molar-refractivity contribution in [1.29, 1.82) is 0 Å². The largest absolute Gasteiger partial charge is 0.465 e. The fourth-order valence-electron chi connectivity index (χ4n) is 1.83. The molecule has 0 spiro atoms. The molecule has 4 nitrogen and oxygen atoms in total. The van der Waals surface area contributed by atoms with E-state index >= 15 is 0 Å². The first-order valence-electron chi connectivity index (χ1n) is 6.46. The molecule has 0 saturated heterocycles. The third-order valence-corrected chi connectivity index (χ3v) is 3.54. The van der Waals surface area contributed by atoms with Gasteiger partial charge in [0.15, 0.2) is 0 Å². The summed E-state index contributed by atoms with van der Waals surface area (Å²) in [4.78, 5) is 23.7. The van der Waals surface area contributed by atoms with Gasteiger partial charge in [-0.2, -0.15) is 0 Å². The number of methoxy groups -OCH3 is 1. The average molecular weight is 360 g/mol. The standard InChI is InChI=1S/C17H14BrNO3/c1-11(17(21)22-2)12-4-3-5-13(10-12)16(20)19-15-8-6-14(18)7-9-15/h3-10H,1H2,2H3,(H,19,20). The second kappa shape index (κ2) is 7.04. The van der Waals surface area contributed by atoms with Crippen LogP contribution >= 0.6 is 15.9 Å². The van der Waals surface area contributed by atoms with Crippen LogP contribution in [-0.4, -0.2) is 19.0 Å². The zero-order valence-corrected chi connectivity index (χ0v) is 13.5. The number of hydrogen-bond donors (Lipinski definition) is 1. The summed E-state index contributed by atoms with van der Waals surface area (Å²) in [5.74, 6) is -0.785. The Kier molecular flexibility index (Phi) is 5.12. The van der Waals surface area contributed by atoms with E-state index in [1.165, 1.54) is 7.11 Å². The van der Waals surface area contributed by atoms with Gasteiger partial charge in [-0.1, -0.05) is 34.6 Å². The molecule has 0 bridgehead atoms. The number of benzene rings is 2. The quantitative estimate of drug-likeness (QED) is 0.665. The van der Waals surface area contributed by atoms with Crippen LogP contribution in [0.2, 0.25) is 0 Å². The van der Waals surface area contributed by atoms with Gasteiger partial charge in [0.2, 0.25) is 0 Å². The molecule has 112 valence electrons. The fraction of sp³-hybridized carbons (Fsp3) is 0.0588. The second-order valence-corrected chi connectivity index (χ2v) is 5.43. The van der Waals surface area contributed by atoms with E-state index in [0.717, 1.165) is 4.47 Å². The zero-order chi connectivity index (χ0) is 16.1. The third-order valence-electron chi connectivity index (χ3n) is 3.01. The Balaban J connectivity index is 2.18. The fourth-order valence-corrected chi connectivity index (χ4v) is 2.09. The first kappa shape index (κ1) is 16.0. The maximum Gasteiger partial charge on any atom is 0.337 e. The summed E-state index contributed by atoms with van der Waals surface area (Å²) in [5.41, 5.74) is 1.88. The van der Waals surface area contributed by atoms with E-state index in [2.05, 4.69) is 32.6 Å². The minimum absolute atomic E-state index is 0.209. The molecular formula is C17H14BrNO3. The van der Waals surface area contributed by atoms with Crippen LogP contribution in [0.25, 0.3) is 5.57 Å². The van der Waals surface area contributed by atoms with Crippen LogP contribution in [0.4, 0.5) is 5.69 Å². The SMILES string of the molecule is C=C(C(=O)OC)c1cccc(C(=O)Nc2ccc(Br)cc2)c1. The van der Waals surface area contributed by atoms with Crippen molar-refractivity contribution in [1.82, 2.24) is 0 Å². The van der Waals surface area contributed by atoms with Crippen LogP contribution in [-0.2, 0) is 9.53 Å². The molecule has 0 saturated carbocycles. The lowest BCUT2D eigenvalue weighted by molar-refractivity contribution is -0.133. The van der Waals surface area contributed by atoms with Crippen molar-refractivity contribution < 1.29 is 14.3 Å². The molecule has 1 amide bonds. The lowest BCUT2D eigenvalue weighted by Crippen LogP contribution is -2.12. The number of halogens is 1. The van der Waals surface area contributed by atoms with Crippen LogP contribution in [0.1, 0.15) is 15.9 Å². The Hall–Kier alpha value is -2.40. The molecule has 2 rings (SSSR count). The van der Waals surface area contributed by atoms with E-state index < -0.39 is 5.97 Å². The molecule has 0 radical (unpaired) electrons. The molecule has 0 fully saturated rings. The van der Waals surface area contributed by atoms with Crippen molar-refractivity contribution in [2.75, 3.05) is 12.4 Å². The Labute approximate surface area is 136 Å².